The first kappa shape index (κ1) is 15.2. The summed E-state index contributed by atoms with van der Waals surface area (Å²) in [5, 5.41) is 31.9. The van der Waals surface area contributed by atoms with Gasteiger partial charge < -0.3 is 15.8 Å². The van der Waals surface area contributed by atoms with Gasteiger partial charge >= 0.3 is 7.12 Å². The molecule has 3 heterocycles. The number of anilines is 1. The molecule has 8 nitrogen and oxygen atoms in total. The molecule has 0 saturated heterocycles. The van der Waals surface area contributed by atoms with Crippen molar-refractivity contribution in [1.82, 2.24) is 25.0 Å². The minimum Gasteiger partial charge on any atom is -0.423 e. The number of rotatable bonds is 3. The number of hydrogen-bond acceptors (Lipinski definition) is 7. The molecule has 0 bridgehead atoms. The van der Waals surface area contributed by atoms with Crippen LogP contribution in [0.4, 0.5) is 5.69 Å². The first-order valence-corrected chi connectivity index (χ1v) is 7.51. The predicted octanol–water partition coefficient (Wildman–Crippen LogP) is 0.139. The van der Waals surface area contributed by atoms with Gasteiger partial charge in [-0.25, -0.2) is 9.67 Å². The second-order valence-electron chi connectivity index (χ2n) is 5.50. The Balaban J connectivity index is 1.95. The van der Waals surface area contributed by atoms with Crippen LogP contribution in [0.25, 0.3) is 27.8 Å². The van der Waals surface area contributed by atoms with E-state index in [-0.39, 0.29) is 5.46 Å². The average Bonchev–Trinajstić information content (AvgIpc) is 3.15. The molecule has 4 rings (SSSR count). The predicted molar refractivity (Wildman–Crippen MR) is 94.1 cm³/mol. The van der Waals surface area contributed by atoms with E-state index in [9.17, 15) is 10.0 Å². The van der Waals surface area contributed by atoms with Crippen molar-refractivity contribution in [2.24, 2.45) is 0 Å². The van der Waals surface area contributed by atoms with Crippen LogP contribution in [0.15, 0.2) is 55.1 Å². The topological polar surface area (TPSA) is 123 Å². The number of pyridine rings is 1. The third-order valence-electron chi connectivity index (χ3n) is 3.89. The summed E-state index contributed by atoms with van der Waals surface area (Å²) in [6.07, 6.45) is 6.32. The van der Waals surface area contributed by atoms with Crippen molar-refractivity contribution in [3.05, 3.63) is 55.1 Å². The number of aromatic nitrogens is 5. The highest BCUT2D eigenvalue weighted by Gasteiger charge is 2.17. The lowest BCUT2D eigenvalue weighted by molar-refractivity contribution is 0.425. The number of nitrogens with zero attached hydrogens (tertiary/aromatic N) is 5. The SMILES string of the molecule is Nc1cnnc2cc(-c3cc(B(O)O)cnc3-n3cccn3)ccc12. The van der Waals surface area contributed by atoms with Crippen LogP contribution in [0, 0.1) is 0 Å². The number of nitrogen functional groups attached to an aromatic ring is 1. The quantitative estimate of drug-likeness (QED) is 0.456. The molecule has 25 heavy (non-hydrogen) atoms. The van der Waals surface area contributed by atoms with Crippen LogP contribution < -0.4 is 11.2 Å². The molecule has 0 spiro atoms. The summed E-state index contributed by atoms with van der Waals surface area (Å²) in [7, 11) is -1.62. The monoisotopic (exact) mass is 332 g/mol. The van der Waals surface area contributed by atoms with Gasteiger partial charge in [-0.05, 0) is 29.8 Å². The van der Waals surface area contributed by atoms with Gasteiger partial charge in [-0.15, -0.1) is 0 Å². The van der Waals surface area contributed by atoms with Crippen LogP contribution >= 0.6 is 0 Å². The normalized spacial score (nSPS) is 11.0. The zero-order valence-corrected chi connectivity index (χ0v) is 13.0. The van der Waals surface area contributed by atoms with Gasteiger partial charge in [0.25, 0.3) is 0 Å². The molecule has 0 unspecified atom stereocenters. The molecule has 1 aromatic carbocycles. The van der Waals surface area contributed by atoms with E-state index in [0.717, 1.165) is 10.9 Å². The lowest BCUT2D eigenvalue weighted by Gasteiger charge is -2.12. The maximum absolute atomic E-state index is 9.48. The Morgan fingerprint density at radius 3 is 2.76 bits per heavy atom. The Morgan fingerprint density at radius 2 is 2.00 bits per heavy atom. The Morgan fingerprint density at radius 1 is 1.12 bits per heavy atom. The fourth-order valence-electron chi connectivity index (χ4n) is 2.65. The van der Waals surface area contributed by atoms with Gasteiger partial charge in [0.2, 0.25) is 0 Å². The van der Waals surface area contributed by atoms with Crippen molar-refractivity contribution in [2.45, 2.75) is 0 Å². The van der Waals surface area contributed by atoms with Gasteiger partial charge in [-0.2, -0.15) is 15.3 Å². The van der Waals surface area contributed by atoms with Crippen molar-refractivity contribution in [3.63, 3.8) is 0 Å². The van der Waals surface area contributed by atoms with Gasteiger partial charge in [0.05, 0.1) is 17.4 Å². The van der Waals surface area contributed by atoms with Crippen LogP contribution in [0.2, 0.25) is 0 Å². The Bertz CT molecular complexity index is 1050. The molecule has 0 radical (unpaired) electrons. The lowest BCUT2D eigenvalue weighted by atomic mass is 9.80. The van der Waals surface area contributed by atoms with Gasteiger partial charge in [-0.3, -0.25) is 0 Å². The zero-order chi connectivity index (χ0) is 17.4. The van der Waals surface area contributed by atoms with Crippen molar-refractivity contribution >= 4 is 29.2 Å². The van der Waals surface area contributed by atoms with Crippen LogP contribution in [0.3, 0.4) is 0 Å². The molecule has 0 amide bonds. The maximum Gasteiger partial charge on any atom is 0.490 e. The highest BCUT2D eigenvalue weighted by atomic mass is 16.4. The van der Waals surface area contributed by atoms with Crippen LogP contribution in [-0.4, -0.2) is 42.1 Å². The van der Waals surface area contributed by atoms with E-state index in [1.54, 1.807) is 29.2 Å². The van der Waals surface area contributed by atoms with E-state index in [1.165, 1.54) is 12.4 Å². The van der Waals surface area contributed by atoms with E-state index in [4.69, 9.17) is 5.73 Å². The van der Waals surface area contributed by atoms with Gasteiger partial charge in [-0.1, -0.05) is 6.07 Å². The molecule has 0 atom stereocenters. The van der Waals surface area contributed by atoms with Crippen molar-refractivity contribution < 1.29 is 10.0 Å². The fraction of sp³-hybridized carbons (Fsp3) is 0. The first-order valence-electron chi connectivity index (χ1n) is 7.51. The Labute approximate surface area is 142 Å². The summed E-state index contributed by atoms with van der Waals surface area (Å²) in [5.41, 5.74) is 8.85. The average molecular weight is 332 g/mol. The van der Waals surface area contributed by atoms with Crippen LogP contribution in [-0.2, 0) is 0 Å². The molecule has 0 aliphatic heterocycles. The minimum atomic E-state index is -1.62. The molecular formula is C16H13BN6O2. The summed E-state index contributed by atoms with van der Waals surface area (Å²) in [6.45, 7) is 0. The molecule has 0 aliphatic rings. The van der Waals surface area contributed by atoms with Gasteiger partial charge in [0.15, 0.2) is 5.82 Å². The van der Waals surface area contributed by atoms with E-state index in [0.29, 0.717) is 22.6 Å². The molecule has 4 N–H and O–H groups in total. The standard InChI is InChI=1S/C16H13BN6O2/c18-14-9-20-22-15-6-10(2-3-12(14)15)13-7-11(17(24)25)8-19-16(13)23-5-1-4-21-23/h1-9,24-25H,(H2,18,22). The fourth-order valence-corrected chi connectivity index (χ4v) is 2.65. The smallest absolute Gasteiger partial charge is 0.423 e. The maximum atomic E-state index is 9.48. The number of hydrogen-bond donors (Lipinski definition) is 3. The summed E-state index contributed by atoms with van der Waals surface area (Å²) >= 11 is 0. The zero-order valence-electron chi connectivity index (χ0n) is 13.0. The van der Waals surface area contributed by atoms with Crippen molar-refractivity contribution in [2.75, 3.05) is 5.73 Å². The molecule has 0 aliphatic carbocycles. The Kier molecular flexibility index (Phi) is 3.64. The van der Waals surface area contributed by atoms with Crippen LogP contribution in [0.1, 0.15) is 0 Å². The van der Waals surface area contributed by atoms with E-state index < -0.39 is 7.12 Å². The first-order chi connectivity index (χ1) is 12.1. The van der Waals surface area contributed by atoms with E-state index >= 15 is 0 Å². The Hall–Kier alpha value is -3.30. The summed E-state index contributed by atoms with van der Waals surface area (Å²) in [4.78, 5) is 4.34. The number of benzene rings is 1. The second kappa shape index (κ2) is 5.97. The van der Waals surface area contributed by atoms with Gasteiger partial charge in [0.1, 0.15) is 0 Å². The highest BCUT2D eigenvalue weighted by Crippen LogP contribution is 2.28. The molecule has 3 aromatic heterocycles. The number of fused-ring (bicyclic) bond motifs is 1. The molecule has 0 fully saturated rings. The second-order valence-corrected chi connectivity index (χ2v) is 5.50. The summed E-state index contributed by atoms with van der Waals surface area (Å²) in [5.74, 6) is 0.561. The third kappa shape index (κ3) is 2.71. The van der Waals surface area contributed by atoms with Crippen molar-refractivity contribution in [3.8, 4) is 16.9 Å². The van der Waals surface area contributed by atoms with Crippen molar-refractivity contribution in [1.29, 1.82) is 0 Å². The highest BCUT2D eigenvalue weighted by molar-refractivity contribution is 6.58. The third-order valence-corrected chi connectivity index (χ3v) is 3.89. The molecular weight excluding hydrogens is 319 g/mol. The molecule has 122 valence electrons. The summed E-state index contributed by atoms with van der Waals surface area (Å²) < 4.78 is 1.61. The van der Waals surface area contributed by atoms with Gasteiger partial charge in [0, 0.05) is 35.0 Å². The van der Waals surface area contributed by atoms with E-state index in [1.807, 2.05) is 18.2 Å². The lowest BCUT2D eigenvalue weighted by Crippen LogP contribution is -2.30. The minimum absolute atomic E-state index is 0.282. The summed E-state index contributed by atoms with van der Waals surface area (Å²) in [6, 6.07) is 9.00. The largest absolute Gasteiger partial charge is 0.490 e. The van der Waals surface area contributed by atoms with Crippen LogP contribution in [0.5, 0.6) is 0 Å². The van der Waals surface area contributed by atoms with E-state index in [2.05, 4.69) is 20.3 Å². The number of nitrogens with two attached hydrogens (primary N) is 1. The molecule has 0 saturated carbocycles. The molecule has 4 aromatic rings. The molecule has 9 heteroatoms.